The van der Waals surface area contributed by atoms with Crippen LogP contribution in [0.25, 0.3) is 0 Å². The highest BCUT2D eigenvalue weighted by Crippen LogP contribution is 2.32. The van der Waals surface area contributed by atoms with Gasteiger partial charge in [0.25, 0.3) is 0 Å². The maximum Gasteiger partial charge on any atom is 0.176 e. The monoisotopic (exact) mass is 336 g/mol. The van der Waals surface area contributed by atoms with E-state index in [1.54, 1.807) is 12.1 Å². The number of aliphatic hydroxyl groups is 1. The van der Waals surface area contributed by atoms with Crippen molar-refractivity contribution in [1.82, 2.24) is 10.2 Å². The number of aliphatic hydroxyl groups excluding tert-OH is 1. The fourth-order valence-electron chi connectivity index (χ4n) is 3.81. The second kappa shape index (κ2) is 6.95. The molecular formula is C17H24N2O5. The Morgan fingerprint density at radius 2 is 2.00 bits per heavy atom. The summed E-state index contributed by atoms with van der Waals surface area (Å²) >= 11 is 0. The molecule has 2 bridgehead atoms. The summed E-state index contributed by atoms with van der Waals surface area (Å²) in [6.07, 6.45) is -1.15. The number of rotatable bonds is 4. The number of para-hydroxylation sites is 1. The molecule has 7 heteroatoms. The fourth-order valence-corrected chi connectivity index (χ4v) is 3.81. The zero-order valence-corrected chi connectivity index (χ0v) is 13.5. The Labute approximate surface area is 141 Å². The number of nitrogens with zero attached hydrogens (tertiary/aromatic N) is 1. The van der Waals surface area contributed by atoms with E-state index in [-0.39, 0.29) is 30.2 Å². The number of aromatic hydroxyl groups is 1. The molecule has 5 atom stereocenters. The van der Waals surface area contributed by atoms with Crippen molar-refractivity contribution in [2.75, 3.05) is 32.9 Å². The molecule has 0 aromatic heterocycles. The van der Waals surface area contributed by atoms with Crippen molar-refractivity contribution in [1.29, 1.82) is 0 Å². The SMILES string of the molecule is Oc1ccccc1CNC1C2COC(O2)C(N2CCOCC2)C1O. The lowest BCUT2D eigenvalue weighted by Crippen LogP contribution is -2.65. The molecule has 132 valence electrons. The Kier molecular flexibility index (Phi) is 4.71. The van der Waals surface area contributed by atoms with E-state index in [1.807, 2.05) is 12.1 Å². The molecule has 1 aromatic rings. The Bertz CT molecular complexity index is 566. The van der Waals surface area contributed by atoms with Crippen LogP contribution in [0.1, 0.15) is 5.56 Å². The lowest BCUT2D eigenvalue weighted by molar-refractivity contribution is -0.191. The highest BCUT2D eigenvalue weighted by Gasteiger charge is 2.52. The number of benzene rings is 1. The van der Waals surface area contributed by atoms with Gasteiger partial charge in [-0.15, -0.1) is 0 Å². The fraction of sp³-hybridized carbons (Fsp3) is 0.647. The van der Waals surface area contributed by atoms with Gasteiger partial charge in [0.2, 0.25) is 0 Å². The Morgan fingerprint density at radius 3 is 2.79 bits per heavy atom. The Balaban J connectivity index is 1.47. The van der Waals surface area contributed by atoms with Crippen LogP contribution in [-0.4, -0.2) is 78.6 Å². The lowest BCUT2D eigenvalue weighted by atomic mass is 9.94. The zero-order valence-electron chi connectivity index (χ0n) is 13.5. The van der Waals surface area contributed by atoms with Crippen LogP contribution < -0.4 is 5.32 Å². The van der Waals surface area contributed by atoms with Crippen LogP contribution in [-0.2, 0) is 20.8 Å². The molecule has 0 spiro atoms. The molecule has 3 N–H and O–H groups in total. The van der Waals surface area contributed by atoms with Crippen molar-refractivity contribution >= 4 is 0 Å². The molecule has 7 nitrogen and oxygen atoms in total. The molecule has 5 unspecified atom stereocenters. The number of hydrogen-bond acceptors (Lipinski definition) is 7. The van der Waals surface area contributed by atoms with Crippen molar-refractivity contribution in [3.63, 3.8) is 0 Å². The summed E-state index contributed by atoms with van der Waals surface area (Å²) in [6.45, 7) is 3.80. The van der Waals surface area contributed by atoms with Crippen LogP contribution in [0.3, 0.4) is 0 Å². The predicted octanol–water partition coefficient (Wildman–Crippen LogP) is -0.333. The van der Waals surface area contributed by atoms with Gasteiger partial charge in [-0.05, 0) is 6.07 Å². The normalized spacial score (nSPS) is 36.8. The minimum atomic E-state index is -0.597. The van der Waals surface area contributed by atoms with E-state index in [2.05, 4.69) is 10.2 Å². The summed E-state index contributed by atoms with van der Waals surface area (Å²) in [5.41, 5.74) is 0.800. The predicted molar refractivity (Wildman–Crippen MR) is 85.5 cm³/mol. The zero-order chi connectivity index (χ0) is 16.5. The number of phenolic OH excluding ortho intramolecular Hbond substituents is 1. The molecule has 4 rings (SSSR count). The van der Waals surface area contributed by atoms with Crippen LogP contribution in [0.4, 0.5) is 0 Å². The molecule has 3 aliphatic rings. The third-order valence-corrected chi connectivity index (χ3v) is 5.12. The average Bonchev–Trinajstić information content (AvgIpc) is 3.02. The van der Waals surface area contributed by atoms with Gasteiger partial charge in [-0.3, -0.25) is 4.90 Å². The van der Waals surface area contributed by atoms with Crippen molar-refractivity contribution < 1.29 is 24.4 Å². The largest absolute Gasteiger partial charge is 0.508 e. The van der Waals surface area contributed by atoms with Gasteiger partial charge in [-0.1, -0.05) is 18.2 Å². The van der Waals surface area contributed by atoms with E-state index in [0.29, 0.717) is 26.4 Å². The third-order valence-electron chi connectivity index (χ3n) is 5.12. The minimum absolute atomic E-state index is 0.173. The smallest absolute Gasteiger partial charge is 0.176 e. The summed E-state index contributed by atoms with van der Waals surface area (Å²) in [6, 6.07) is 6.77. The van der Waals surface area contributed by atoms with Crippen LogP contribution in [0.2, 0.25) is 0 Å². The highest BCUT2D eigenvalue weighted by atomic mass is 16.7. The van der Waals surface area contributed by atoms with E-state index >= 15 is 0 Å². The van der Waals surface area contributed by atoms with E-state index in [9.17, 15) is 10.2 Å². The van der Waals surface area contributed by atoms with Gasteiger partial charge in [-0.25, -0.2) is 0 Å². The third kappa shape index (κ3) is 3.03. The Hall–Kier alpha value is -1.22. The number of morpholine rings is 1. The molecule has 3 fully saturated rings. The van der Waals surface area contributed by atoms with Gasteiger partial charge in [0.15, 0.2) is 6.29 Å². The van der Waals surface area contributed by atoms with Gasteiger partial charge >= 0.3 is 0 Å². The van der Waals surface area contributed by atoms with Crippen LogP contribution >= 0.6 is 0 Å². The van der Waals surface area contributed by atoms with Crippen LogP contribution in [0, 0.1) is 0 Å². The quantitative estimate of drug-likeness (QED) is 0.694. The van der Waals surface area contributed by atoms with Gasteiger partial charge in [-0.2, -0.15) is 0 Å². The number of hydrogen-bond donors (Lipinski definition) is 3. The number of ether oxygens (including phenoxy) is 3. The molecular weight excluding hydrogens is 312 g/mol. The van der Waals surface area contributed by atoms with Crippen LogP contribution in [0.15, 0.2) is 24.3 Å². The standard InChI is InChI=1S/C17H24N2O5/c20-12-4-2-1-3-11(12)9-18-14-13-10-23-17(24-13)15(16(14)21)19-5-7-22-8-6-19/h1-4,13-18,20-21H,5-10H2. The molecule has 0 amide bonds. The first-order valence-corrected chi connectivity index (χ1v) is 8.51. The van der Waals surface area contributed by atoms with Gasteiger partial charge in [0, 0.05) is 25.2 Å². The van der Waals surface area contributed by atoms with Crippen molar-refractivity contribution in [2.24, 2.45) is 0 Å². The van der Waals surface area contributed by atoms with Crippen molar-refractivity contribution in [2.45, 2.75) is 37.1 Å². The molecule has 0 saturated carbocycles. The van der Waals surface area contributed by atoms with Crippen molar-refractivity contribution in [3.05, 3.63) is 29.8 Å². The lowest BCUT2D eigenvalue weighted by Gasteiger charge is -2.45. The highest BCUT2D eigenvalue weighted by molar-refractivity contribution is 5.31. The first kappa shape index (κ1) is 16.3. The van der Waals surface area contributed by atoms with E-state index < -0.39 is 6.10 Å². The van der Waals surface area contributed by atoms with E-state index in [4.69, 9.17) is 14.2 Å². The molecule has 0 radical (unpaired) electrons. The van der Waals surface area contributed by atoms with E-state index in [1.165, 1.54) is 0 Å². The summed E-state index contributed by atoms with van der Waals surface area (Å²) in [4.78, 5) is 2.19. The van der Waals surface area contributed by atoms with Gasteiger partial charge in [0.1, 0.15) is 11.9 Å². The van der Waals surface area contributed by atoms with Crippen molar-refractivity contribution in [3.8, 4) is 5.75 Å². The second-order valence-corrected chi connectivity index (χ2v) is 6.54. The first-order chi connectivity index (χ1) is 11.7. The molecule has 3 aliphatic heterocycles. The van der Waals surface area contributed by atoms with Crippen LogP contribution in [0.5, 0.6) is 5.75 Å². The number of fused-ring (bicyclic) bond motifs is 2. The Morgan fingerprint density at radius 1 is 1.21 bits per heavy atom. The minimum Gasteiger partial charge on any atom is -0.508 e. The molecule has 0 aliphatic carbocycles. The topological polar surface area (TPSA) is 83.4 Å². The van der Waals surface area contributed by atoms with E-state index in [0.717, 1.165) is 18.7 Å². The molecule has 1 aromatic carbocycles. The average molecular weight is 336 g/mol. The first-order valence-electron chi connectivity index (χ1n) is 8.51. The summed E-state index contributed by atoms with van der Waals surface area (Å²) < 4.78 is 17.1. The number of nitrogens with one attached hydrogen (secondary N) is 1. The molecule has 3 heterocycles. The second-order valence-electron chi connectivity index (χ2n) is 6.54. The number of phenols is 1. The summed E-state index contributed by atoms with van der Waals surface area (Å²) in [7, 11) is 0. The van der Waals surface area contributed by atoms with Gasteiger partial charge in [0.05, 0.1) is 38.0 Å². The van der Waals surface area contributed by atoms with Gasteiger partial charge < -0.3 is 29.7 Å². The molecule has 3 saturated heterocycles. The molecule has 24 heavy (non-hydrogen) atoms. The summed E-state index contributed by atoms with van der Waals surface area (Å²) in [5.74, 6) is 0.251. The summed E-state index contributed by atoms with van der Waals surface area (Å²) in [5, 5.41) is 24.2. The maximum absolute atomic E-state index is 10.9. The maximum atomic E-state index is 10.9.